The van der Waals surface area contributed by atoms with Crippen molar-refractivity contribution in [1.29, 1.82) is 0 Å². The van der Waals surface area contributed by atoms with Gasteiger partial charge in [-0.2, -0.15) is 5.10 Å². The van der Waals surface area contributed by atoms with Crippen molar-refractivity contribution in [3.05, 3.63) is 11.8 Å². The second-order valence-electron chi connectivity index (χ2n) is 4.24. The average Bonchev–Trinajstić information content (AvgIpc) is 2.32. The zero-order chi connectivity index (χ0) is 12.3. The molecule has 0 aromatic carbocycles. The van der Waals surface area contributed by atoms with Crippen LogP contribution in [0.25, 0.3) is 0 Å². The normalized spacial score (nSPS) is 28.2. The minimum Gasteiger partial charge on any atom is -0.496 e. The number of hydrazone groups is 1. The zero-order valence-corrected chi connectivity index (χ0v) is 10.2. The number of hydrogen-bond acceptors (Lipinski definition) is 4. The van der Waals surface area contributed by atoms with Crippen molar-refractivity contribution in [2.24, 2.45) is 16.8 Å². The molecule has 1 aliphatic heterocycles. The molecule has 0 amide bonds. The van der Waals surface area contributed by atoms with Gasteiger partial charge in [-0.25, -0.2) is 0 Å². The number of ether oxygens (including phenoxy) is 1. The molecule has 6 heteroatoms. The lowest BCUT2D eigenvalue weighted by Gasteiger charge is -2.33. The Kier molecular flexibility index (Phi) is 3.73. The fourth-order valence-electron chi connectivity index (χ4n) is 2.25. The van der Waals surface area contributed by atoms with Gasteiger partial charge in [0, 0.05) is 0 Å². The van der Waals surface area contributed by atoms with E-state index in [0.29, 0.717) is 5.57 Å². The number of carbonyl (C=O) groups is 1. The zero-order valence-electron chi connectivity index (χ0n) is 9.39. The molecule has 5 nitrogen and oxygen atoms in total. The van der Waals surface area contributed by atoms with Gasteiger partial charge in [-0.3, -0.25) is 10.2 Å². The summed E-state index contributed by atoms with van der Waals surface area (Å²) in [4.78, 5) is 12.1. The topological polar surface area (TPSA) is 76.7 Å². The Bertz CT molecular complexity index is 392. The maximum Gasteiger partial charge on any atom is 0.184 e. The summed E-state index contributed by atoms with van der Waals surface area (Å²) in [7, 11) is 0. The predicted octanol–water partition coefficient (Wildman–Crippen LogP) is 0.847. The van der Waals surface area contributed by atoms with E-state index in [1.807, 2.05) is 0 Å². The van der Waals surface area contributed by atoms with Crippen LogP contribution in [0.15, 0.2) is 16.9 Å². The van der Waals surface area contributed by atoms with Crippen LogP contribution >= 0.6 is 12.2 Å². The monoisotopic (exact) mass is 253 g/mol. The first kappa shape index (κ1) is 12.0. The van der Waals surface area contributed by atoms with Crippen LogP contribution < -0.4 is 11.2 Å². The highest BCUT2D eigenvalue weighted by Gasteiger charge is 2.36. The van der Waals surface area contributed by atoms with E-state index in [2.05, 4.69) is 22.7 Å². The van der Waals surface area contributed by atoms with Gasteiger partial charge < -0.3 is 10.5 Å². The molecule has 2 atom stereocenters. The van der Waals surface area contributed by atoms with Crippen molar-refractivity contribution in [3.63, 3.8) is 0 Å². The minimum absolute atomic E-state index is 0.0139. The van der Waals surface area contributed by atoms with E-state index in [9.17, 15) is 4.79 Å². The third kappa shape index (κ3) is 2.82. The van der Waals surface area contributed by atoms with Gasteiger partial charge in [-0.15, -0.1) is 0 Å². The Balaban J connectivity index is 2.03. The van der Waals surface area contributed by atoms with E-state index >= 15 is 0 Å². The number of nitrogens with two attached hydrogens (primary N) is 1. The lowest BCUT2D eigenvalue weighted by Crippen LogP contribution is -2.37. The number of carbonyl (C=O) groups excluding carboxylic acids is 1. The van der Waals surface area contributed by atoms with Crippen LogP contribution in [0.1, 0.15) is 25.7 Å². The first-order chi connectivity index (χ1) is 8.18. The van der Waals surface area contributed by atoms with E-state index < -0.39 is 0 Å². The standard InChI is InChI=1S/C11H15N3O2S/c12-11(17)14-13-5-7-6-16-9-4-2-1-3-8(9)10(7)15/h5-6,8-9H,1-4H2,(H3,12,14,17)/b13-5+. The third-order valence-electron chi connectivity index (χ3n) is 3.07. The van der Waals surface area contributed by atoms with Gasteiger partial charge in [0.2, 0.25) is 0 Å². The first-order valence-corrected chi connectivity index (χ1v) is 6.07. The van der Waals surface area contributed by atoms with Crippen molar-refractivity contribution in [1.82, 2.24) is 5.43 Å². The Morgan fingerprint density at radius 3 is 3.12 bits per heavy atom. The van der Waals surface area contributed by atoms with Crippen LogP contribution in [0.2, 0.25) is 0 Å². The van der Waals surface area contributed by atoms with Crippen LogP contribution in [0.3, 0.4) is 0 Å². The fraction of sp³-hybridized carbons (Fsp3) is 0.545. The van der Waals surface area contributed by atoms with Crippen molar-refractivity contribution < 1.29 is 9.53 Å². The number of allylic oxidation sites excluding steroid dienone is 1. The van der Waals surface area contributed by atoms with Gasteiger partial charge in [0.1, 0.15) is 6.10 Å². The lowest BCUT2D eigenvalue weighted by molar-refractivity contribution is -0.126. The molecule has 0 aromatic heterocycles. The van der Waals surface area contributed by atoms with Crippen LogP contribution in [-0.4, -0.2) is 23.2 Å². The molecule has 1 saturated carbocycles. The van der Waals surface area contributed by atoms with Crippen LogP contribution in [0, 0.1) is 5.92 Å². The quantitative estimate of drug-likeness (QED) is 0.433. The smallest absolute Gasteiger partial charge is 0.184 e. The van der Waals surface area contributed by atoms with E-state index in [-0.39, 0.29) is 22.9 Å². The van der Waals surface area contributed by atoms with Crippen molar-refractivity contribution >= 4 is 29.3 Å². The summed E-state index contributed by atoms with van der Waals surface area (Å²) in [6.07, 6.45) is 7.03. The average molecular weight is 253 g/mol. The molecule has 0 saturated heterocycles. The molecule has 1 heterocycles. The minimum atomic E-state index is -0.0139. The van der Waals surface area contributed by atoms with Gasteiger partial charge in [0.25, 0.3) is 0 Å². The van der Waals surface area contributed by atoms with Crippen LogP contribution in [0.4, 0.5) is 0 Å². The number of hydrogen-bond donors (Lipinski definition) is 2. The van der Waals surface area contributed by atoms with Gasteiger partial charge in [0.15, 0.2) is 10.9 Å². The van der Waals surface area contributed by atoms with Gasteiger partial charge >= 0.3 is 0 Å². The summed E-state index contributed by atoms with van der Waals surface area (Å²) in [5.41, 5.74) is 8.10. The summed E-state index contributed by atoms with van der Waals surface area (Å²) < 4.78 is 5.56. The number of ketones is 1. The first-order valence-electron chi connectivity index (χ1n) is 5.67. The Labute approximate surface area is 105 Å². The molecule has 0 spiro atoms. The molecule has 0 aromatic rings. The molecule has 2 rings (SSSR count). The number of Topliss-reactive ketones (excluding diaryl/α,β-unsaturated/α-hetero) is 1. The van der Waals surface area contributed by atoms with Crippen molar-refractivity contribution in [3.8, 4) is 0 Å². The maximum absolute atomic E-state index is 12.1. The van der Waals surface area contributed by atoms with Crippen molar-refractivity contribution in [2.45, 2.75) is 31.8 Å². The molecular formula is C11H15N3O2S. The maximum atomic E-state index is 12.1. The molecule has 1 fully saturated rings. The summed E-state index contributed by atoms with van der Waals surface area (Å²) in [5, 5.41) is 3.84. The Morgan fingerprint density at radius 1 is 1.59 bits per heavy atom. The molecular weight excluding hydrogens is 238 g/mol. The van der Waals surface area contributed by atoms with Crippen LogP contribution in [-0.2, 0) is 9.53 Å². The number of rotatable bonds is 2. The molecule has 2 aliphatic rings. The number of nitrogens with one attached hydrogen (secondary N) is 1. The van der Waals surface area contributed by atoms with Gasteiger partial charge in [0.05, 0.1) is 24.0 Å². The second kappa shape index (κ2) is 5.27. The molecule has 92 valence electrons. The summed E-state index contributed by atoms with van der Waals surface area (Å²) in [6, 6.07) is 0. The number of thiocarbonyl (C=S) groups is 1. The number of fused-ring (bicyclic) bond motifs is 1. The summed E-state index contributed by atoms with van der Waals surface area (Å²) in [6.45, 7) is 0. The van der Waals surface area contributed by atoms with E-state index in [1.165, 1.54) is 12.5 Å². The largest absolute Gasteiger partial charge is 0.496 e. The van der Waals surface area contributed by atoms with E-state index in [4.69, 9.17) is 10.5 Å². The predicted molar refractivity (Wildman–Crippen MR) is 68.3 cm³/mol. The highest BCUT2D eigenvalue weighted by molar-refractivity contribution is 7.80. The summed E-state index contributed by atoms with van der Waals surface area (Å²) >= 11 is 4.60. The molecule has 3 N–H and O–H groups in total. The molecule has 2 unspecified atom stereocenters. The van der Waals surface area contributed by atoms with Gasteiger partial charge in [-0.05, 0) is 31.5 Å². The highest BCUT2D eigenvalue weighted by Crippen LogP contribution is 2.32. The van der Waals surface area contributed by atoms with Crippen molar-refractivity contribution in [2.75, 3.05) is 0 Å². The highest BCUT2D eigenvalue weighted by atomic mass is 32.1. The van der Waals surface area contributed by atoms with Gasteiger partial charge in [-0.1, -0.05) is 6.42 Å². The second-order valence-corrected chi connectivity index (χ2v) is 4.68. The number of nitrogens with zero attached hydrogens (tertiary/aromatic N) is 1. The fourth-order valence-corrected chi connectivity index (χ4v) is 2.30. The SMILES string of the molecule is NC(=S)N/N=C/C1=COC2CCCCC2C1=O. The molecule has 17 heavy (non-hydrogen) atoms. The summed E-state index contributed by atoms with van der Waals surface area (Å²) in [5.74, 6) is 0.0921. The lowest BCUT2D eigenvalue weighted by atomic mass is 9.80. The molecule has 0 radical (unpaired) electrons. The molecule has 1 aliphatic carbocycles. The van der Waals surface area contributed by atoms with E-state index in [0.717, 1.165) is 25.7 Å². The van der Waals surface area contributed by atoms with E-state index in [1.54, 1.807) is 0 Å². The van der Waals surface area contributed by atoms with Crippen LogP contribution in [0.5, 0.6) is 0 Å². The third-order valence-corrected chi connectivity index (χ3v) is 3.16. The molecule has 0 bridgehead atoms. The Morgan fingerprint density at radius 2 is 2.35 bits per heavy atom. The Hall–Kier alpha value is -1.43.